The summed E-state index contributed by atoms with van der Waals surface area (Å²) in [6.07, 6.45) is 1.36. The molecule has 0 heterocycles. The summed E-state index contributed by atoms with van der Waals surface area (Å²) in [5.74, 6) is 0. The summed E-state index contributed by atoms with van der Waals surface area (Å²) in [6.45, 7) is 2.30. The standard InChI is InChI=1S/C8H22N2Si/c1-8(9(2)3)6-7-11-10(4)5/h8H,6-7,11H2,1-5H3. The monoisotopic (exact) mass is 174 g/mol. The van der Waals surface area contributed by atoms with Crippen molar-refractivity contribution < 1.29 is 0 Å². The zero-order valence-electron chi connectivity index (χ0n) is 8.59. The van der Waals surface area contributed by atoms with Crippen molar-refractivity contribution in [2.24, 2.45) is 0 Å². The van der Waals surface area contributed by atoms with Gasteiger partial charge in [-0.05, 0) is 47.6 Å². The van der Waals surface area contributed by atoms with E-state index >= 15 is 0 Å². The van der Waals surface area contributed by atoms with E-state index in [1.165, 1.54) is 12.5 Å². The summed E-state index contributed by atoms with van der Waals surface area (Å²) in [4.78, 5) is 2.30. The van der Waals surface area contributed by atoms with E-state index in [9.17, 15) is 0 Å². The van der Waals surface area contributed by atoms with Crippen LogP contribution in [0.1, 0.15) is 13.3 Å². The Balaban J connectivity index is 3.24. The van der Waals surface area contributed by atoms with Crippen molar-refractivity contribution >= 4 is 9.68 Å². The summed E-state index contributed by atoms with van der Waals surface area (Å²) in [5, 5.41) is 0. The van der Waals surface area contributed by atoms with Crippen molar-refractivity contribution in [2.75, 3.05) is 28.2 Å². The van der Waals surface area contributed by atoms with E-state index in [0.29, 0.717) is 0 Å². The van der Waals surface area contributed by atoms with Gasteiger partial charge in [-0.1, -0.05) is 0 Å². The van der Waals surface area contributed by atoms with Crippen LogP contribution < -0.4 is 0 Å². The van der Waals surface area contributed by atoms with E-state index in [0.717, 1.165) is 6.04 Å². The Bertz CT molecular complexity index is 94.1. The maximum absolute atomic E-state index is 2.38. The Hall–Kier alpha value is 0.137. The fourth-order valence-corrected chi connectivity index (χ4v) is 2.37. The number of hydrogen-bond acceptors (Lipinski definition) is 2. The molecule has 0 saturated heterocycles. The lowest BCUT2D eigenvalue weighted by atomic mass is 10.2. The van der Waals surface area contributed by atoms with Crippen molar-refractivity contribution in [1.82, 2.24) is 9.47 Å². The van der Waals surface area contributed by atoms with Crippen LogP contribution in [0.4, 0.5) is 0 Å². The molecule has 0 rings (SSSR count). The third-order valence-electron chi connectivity index (χ3n) is 2.11. The lowest BCUT2D eigenvalue weighted by Gasteiger charge is -2.20. The lowest BCUT2D eigenvalue weighted by molar-refractivity contribution is 0.306. The topological polar surface area (TPSA) is 6.48 Å². The average molecular weight is 174 g/mol. The quantitative estimate of drug-likeness (QED) is 0.556. The molecule has 0 radical (unpaired) electrons. The number of hydrogen-bond donors (Lipinski definition) is 0. The van der Waals surface area contributed by atoms with E-state index in [1.807, 2.05) is 0 Å². The first-order valence-electron chi connectivity index (χ1n) is 4.35. The molecular formula is C8H22N2Si. The van der Waals surface area contributed by atoms with Gasteiger partial charge < -0.3 is 9.47 Å². The van der Waals surface area contributed by atoms with E-state index in [1.54, 1.807) is 0 Å². The minimum Gasteiger partial charge on any atom is -0.334 e. The molecule has 0 aliphatic rings. The first-order valence-corrected chi connectivity index (χ1v) is 5.98. The molecule has 0 bridgehead atoms. The molecule has 0 aromatic carbocycles. The van der Waals surface area contributed by atoms with Crippen LogP contribution in [-0.2, 0) is 0 Å². The summed E-state index contributed by atoms with van der Waals surface area (Å²) >= 11 is 0. The minimum absolute atomic E-state index is 0.0780. The third kappa shape index (κ3) is 6.53. The van der Waals surface area contributed by atoms with Gasteiger partial charge in [-0.25, -0.2) is 0 Å². The predicted octanol–water partition coefficient (Wildman–Crippen LogP) is 0.390. The molecule has 0 spiro atoms. The summed E-state index contributed by atoms with van der Waals surface area (Å²) in [7, 11) is 8.76. The van der Waals surface area contributed by atoms with Crippen LogP contribution >= 0.6 is 0 Å². The molecule has 0 aliphatic heterocycles. The fraction of sp³-hybridized carbons (Fsp3) is 1.00. The molecule has 0 saturated carbocycles. The van der Waals surface area contributed by atoms with Crippen LogP contribution in [-0.4, -0.2) is 53.4 Å². The molecule has 1 unspecified atom stereocenters. The molecule has 11 heavy (non-hydrogen) atoms. The van der Waals surface area contributed by atoms with Gasteiger partial charge in [-0.2, -0.15) is 0 Å². The predicted molar refractivity (Wildman–Crippen MR) is 54.8 cm³/mol. The highest BCUT2D eigenvalue weighted by Gasteiger charge is 2.03. The van der Waals surface area contributed by atoms with E-state index in [4.69, 9.17) is 0 Å². The lowest BCUT2D eigenvalue weighted by Crippen LogP contribution is -2.26. The average Bonchev–Trinajstić information content (AvgIpc) is 1.86. The van der Waals surface area contributed by atoms with Crippen LogP contribution in [0.2, 0.25) is 6.04 Å². The molecule has 1 atom stereocenters. The molecule has 0 amide bonds. The fourth-order valence-electron chi connectivity index (χ4n) is 0.961. The number of rotatable bonds is 5. The second-order valence-corrected chi connectivity index (χ2v) is 6.18. The van der Waals surface area contributed by atoms with E-state index in [2.05, 4.69) is 44.6 Å². The molecule has 0 N–H and O–H groups in total. The second kappa shape index (κ2) is 5.74. The molecule has 0 aromatic heterocycles. The van der Waals surface area contributed by atoms with Crippen molar-refractivity contribution in [3.8, 4) is 0 Å². The van der Waals surface area contributed by atoms with Crippen LogP contribution in [0, 0.1) is 0 Å². The normalized spacial score (nSPS) is 15.5. The molecule has 0 aromatic rings. The van der Waals surface area contributed by atoms with Gasteiger partial charge in [-0.15, -0.1) is 0 Å². The van der Waals surface area contributed by atoms with Crippen LogP contribution in [0.25, 0.3) is 0 Å². The second-order valence-electron chi connectivity index (χ2n) is 3.76. The Kier molecular flexibility index (Phi) is 5.82. The zero-order chi connectivity index (χ0) is 8.85. The molecule has 0 fully saturated rings. The van der Waals surface area contributed by atoms with Crippen molar-refractivity contribution in [1.29, 1.82) is 0 Å². The number of nitrogens with zero attached hydrogens (tertiary/aromatic N) is 2. The summed E-state index contributed by atoms with van der Waals surface area (Å²) in [6, 6.07) is 2.19. The van der Waals surface area contributed by atoms with Gasteiger partial charge in [-0.3, -0.25) is 0 Å². The highest BCUT2D eigenvalue weighted by Crippen LogP contribution is 2.01. The largest absolute Gasteiger partial charge is 0.334 e. The van der Waals surface area contributed by atoms with E-state index in [-0.39, 0.29) is 9.68 Å². The zero-order valence-corrected chi connectivity index (χ0v) is 10.0. The molecular weight excluding hydrogens is 152 g/mol. The van der Waals surface area contributed by atoms with Crippen LogP contribution in [0.15, 0.2) is 0 Å². The maximum atomic E-state index is 2.38. The Morgan fingerprint density at radius 3 is 2.09 bits per heavy atom. The Morgan fingerprint density at radius 2 is 1.73 bits per heavy atom. The third-order valence-corrected chi connectivity index (χ3v) is 3.73. The summed E-state index contributed by atoms with van der Waals surface area (Å²) in [5.41, 5.74) is 0. The van der Waals surface area contributed by atoms with Crippen LogP contribution in [0.5, 0.6) is 0 Å². The molecule has 2 nitrogen and oxygen atoms in total. The smallest absolute Gasteiger partial charge is 0.0944 e. The van der Waals surface area contributed by atoms with Crippen molar-refractivity contribution in [3.63, 3.8) is 0 Å². The van der Waals surface area contributed by atoms with Crippen molar-refractivity contribution in [3.05, 3.63) is 0 Å². The van der Waals surface area contributed by atoms with Gasteiger partial charge in [0.1, 0.15) is 0 Å². The van der Waals surface area contributed by atoms with Gasteiger partial charge >= 0.3 is 0 Å². The maximum Gasteiger partial charge on any atom is 0.0944 e. The first kappa shape index (κ1) is 11.1. The molecule has 0 aliphatic carbocycles. The van der Waals surface area contributed by atoms with Gasteiger partial charge in [0.05, 0.1) is 9.68 Å². The van der Waals surface area contributed by atoms with Crippen LogP contribution in [0.3, 0.4) is 0 Å². The van der Waals surface area contributed by atoms with E-state index < -0.39 is 0 Å². The van der Waals surface area contributed by atoms with Gasteiger partial charge in [0.2, 0.25) is 0 Å². The van der Waals surface area contributed by atoms with Gasteiger partial charge in [0.15, 0.2) is 0 Å². The highest BCUT2D eigenvalue weighted by molar-refractivity contribution is 6.31. The summed E-state index contributed by atoms with van der Waals surface area (Å²) < 4.78 is 2.38. The minimum atomic E-state index is 0.0780. The molecule has 68 valence electrons. The molecule has 3 heteroatoms. The van der Waals surface area contributed by atoms with Gasteiger partial charge in [0, 0.05) is 6.04 Å². The Morgan fingerprint density at radius 1 is 1.18 bits per heavy atom. The van der Waals surface area contributed by atoms with Crippen molar-refractivity contribution in [2.45, 2.75) is 25.4 Å². The van der Waals surface area contributed by atoms with Gasteiger partial charge in [0.25, 0.3) is 0 Å². The Labute approximate surface area is 73.5 Å². The first-order chi connectivity index (χ1) is 5.04. The highest BCUT2D eigenvalue weighted by atomic mass is 28.2. The SMILES string of the molecule is CC(CC[SiH2]N(C)C)N(C)C.